The molecule has 0 fully saturated rings. The van der Waals surface area contributed by atoms with E-state index < -0.39 is 0 Å². The molecule has 1 aromatic carbocycles. The molecule has 2 rings (SSSR count). The van der Waals surface area contributed by atoms with Gasteiger partial charge in [-0.1, -0.05) is 44.2 Å². The summed E-state index contributed by atoms with van der Waals surface area (Å²) in [5.41, 5.74) is 1.57. The number of nitrogens with zero attached hydrogens (tertiary/aromatic N) is 3. The molecule has 2 aromatic rings. The number of carbonyl (C=O) groups excluding carboxylic acids is 1. The Morgan fingerprint density at radius 1 is 1.17 bits per heavy atom. The van der Waals surface area contributed by atoms with Gasteiger partial charge in [0.15, 0.2) is 0 Å². The molecule has 1 N–H and O–H groups in total. The largest absolute Gasteiger partial charge is 0.351 e. The fourth-order valence-corrected chi connectivity index (χ4v) is 2.15. The van der Waals surface area contributed by atoms with E-state index in [2.05, 4.69) is 53.1 Å². The van der Waals surface area contributed by atoms with Crippen molar-refractivity contribution in [3.63, 3.8) is 0 Å². The van der Waals surface area contributed by atoms with Gasteiger partial charge in [0, 0.05) is 19.6 Å². The van der Waals surface area contributed by atoms with Gasteiger partial charge >= 0.3 is 0 Å². The van der Waals surface area contributed by atoms with Crippen molar-refractivity contribution >= 4 is 11.7 Å². The molecule has 0 aliphatic rings. The van der Waals surface area contributed by atoms with Crippen LogP contribution in [0.25, 0.3) is 0 Å². The van der Waals surface area contributed by atoms with Gasteiger partial charge in [0.25, 0.3) is 5.91 Å². The smallest absolute Gasteiger partial charge is 0.271 e. The molecular formula is C18H24N4O. The number of benzene rings is 1. The van der Waals surface area contributed by atoms with E-state index in [1.165, 1.54) is 5.56 Å². The van der Waals surface area contributed by atoms with Gasteiger partial charge in [0.1, 0.15) is 11.5 Å². The van der Waals surface area contributed by atoms with Crippen molar-refractivity contribution in [3.05, 3.63) is 54.0 Å². The lowest BCUT2D eigenvalue weighted by Crippen LogP contribution is -2.28. The van der Waals surface area contributed by atoms with Crippen molar-refractivity contribution < 1.29 is 4.79 Å². The highest BCUT2D eigenvalue weighted by Crippen LogP contribution is 2.13. The van der Waals surface area contributed by atoms with Crippen molar-refractivity contribution in [2.24, 2.45) is 5.92 Å². The third kappa shape index (κ3) is 5.06. The van der Waals surface area contributed by atoms with Gasteiger partial charge in [-0.15, -0.1) is 0 Å². The number of carbonyl (C=O) groups is 1. The van der Waals surface area contributed by atoms with Crippen molar-refractivity contribution in [2.45, 2.75) is 27.3 Å². The average molecular weight is 312 g/mol. The molecule has 1 amide bonds. The van der Waals surface area contributed by atoms with E-state index in [4.69, 9.17) is 0 Å². The SMILES string of the molecule is CCN(Cc1ccccc1)c1cnc(C(=O)NCC(C)C)cn1. The summed E-state index contributed by atoms with van der Waals surface area (Å²) in [5, 5.41) is 2.85. The molecule has 0 saturated heterocycles. The Bertz CT molecular complexity index is 611. The summed E-state index contributed by atoms with van der Waals surface area (Å²) in [6.45, 7) is 8.41. The maximum atomic E-state index is 12.0. The van der Waals surface area contributed by atoms with Crippen LogP contribution < -0.4 is 10.2 Å². The number of hydrogen-bond donors (Lipinski definition) is 1. The van der Waals surface area contributed by atoms with Gasteiger partial charge in [0.2, 0.25) is 0 Å². The second-order valence-electron chi connectivity index (χ2n) is 5.86. The highest BCUT2D eigenvalue weighted by molar-refractivity contribution is 5.91. The van der Waals surface area contributed by atoms with E-state index in [0.717, 1.165) is 18.9 Å². The topological polar surface area (TPSA) is 58.1 Å². The molecule has 23 heavy (non-hydrogen) atoms. The minimum atomic E-state index is -0.177. The summed E-state index contributed by atoms with van der Waals surface area (Å²) < 4.78 is 0. The molecule has 0 unspecified atom stereocenters. The van der Waals surface area contributed by atoms with Crippen LogP contribution in [0, 0.1) is 5.92 Å². The van der Waals surface area contributed by atoms with Crippen LogP contribution >= 0.6 is 0 Å². The van der Waals surface area contributed by atoms with Gasteiger partial charge in [-0.05, 0) is 18.4 Å². The van der Waals surface area contributed by atoms with Crippen LogP contribution in [0.4, 0.5) is 5.82 Å². The molecule has 0 radical (unpaired) electrons. The third-order valence-electron chi connectivity index (χ3n) is 3.46. The fraction of sp³-hybridized carbons (Fsp3) is 0.389. The van der Waals surface area contributed by atoms with E-state index >= 15 is 0 Å². The van der Waals surface area contributed by atoms with Gasteiger partial charge in [-0.2, -0.15) is 0 Å². The minimum Gasteiger partial charge on any atom is -0.351 e. The van der Waals surface area contributed by atoms with E-state index in [0.29, 0.717) is 18.2 Å². The lowest BCUT2D eigenvalue weighted by atomic mass is 10.2. The average Bonchev–Trinajstić information content (AvgIpc) is 2.58. The van der Waals surface area contributed by atoms with Crippen LogP contribution in [0.15, 0.2) is 42.7 Å². The molecule has 0 aliphatic heterocycles. The Kier molecular flexibility index (Phi) is 6.09. The van der Waals surface area contributed by atoms with Crippen LogP contribution in [0.3, 0.4) is 0 Å². The van der Waals surface area contributed by atoms with Gasteiger partial charge < -0.3 is 10.2 Å². The van der Waals surface area contributed by atoms with Gasteiger partial charge in [-0.25, -0.2) is 9.97 Å². The monoisotopic (exact) mass is 312 g/mol. The number of amides is 1. The Morgan fingerprint density at radius 2 is 1.91 bits per heavy atom. The Morgan fingerprint density at radius 3 is 2.48 bits per heavy atom. The maximum Gasteiger partial charge on any atom is 0.271 e. The summed E-state index contributed by atoms with van der Waals surface area (Å²) in [5.74, 6) is 1.01. The molecule has 5 heteroatoms. The predicted octanol–water partition coefficient (Wildman–Crippen LogP) is 2.89. The fourth-order valence-electron chi connectivity index (χ4n) is 2.15. The van der Waals surface area contributed by atoms with Crippen LogP contribution in [0.2, 0.25) is 0 Å². The zero-order valence-electron chi connectivity index (χ0n) is 14.0. The first-order valence-corrected chi connectivity index (χ1v) is 7.99. The number of anilines is 1. The Hall–Kier alpha value is -2.43. The highest BCUT2D eigenvalue weighted by Gasteiger charge is 2.11. The first-order chi connectivity index (χ1) is 11.1. The molecule has 0 saturated carbocycles. The van der Waals surface area contributed by atoms with Crippen LogP contribution in [0.5, 0.6) is 0 Å². The van der Waals surface area contributed by atoms with E-state index in [9.17, 15) is 4.79 Å². The van der Waals surface area contributed by atoms with Crippen LogP contribution in [0.1, 0.15) is 36.8 Å². The van der Waals surface area contributed by atoms with Crippen molar-refractivity contribution in [2.75, 3.05) is 18.0 Å². The molecule has 0 spiro atoms. The number of aromatic nitrogens is 2. The Labute approximate surface area is 137 Å². The van der Waals surface area contributed by atoms with E-state index in [1.54, 1.807) is 12.4 Å². The molecule has 0 aliphatic carbocycles. The van der Waals surface area contributed by atoms with Crippen molar-refractivity contribution in [1.29, 1.82) is 0 Å². The van der Waals surface area contributed by atoms with E-state index in [-0.39, 0.29) is 5.91 Å². The summed E-state index contributed by atoms with van der Waals surface area (Å²) in [4.78, 5) is 22.7. The summed E-state index contributed by atoms with van der Waals surface area (Å²) in [7, 11) is 0. The first-order valence-electron chi connectivity index (χ1n) is 7.99. The normalized spacial score (nSPS) is 10.6. The zero-order chi connectivity index (χ0) is 16.7. The minimum absolute atomic E-state index is 0.177. The molecule has 1 aromatic heterocycles. The number of rotatable bonds is 7. The van der Waals surface area contributed by atoms with Crippen molar-refractivity contribution in [3.8, 4) is 0 Å². The van der Waals surface area contributed by atoms with Crippen LogP contribution in [-0.2, 0) is 6.54 Å². The molecular weight excluding hydrogens is 288 g/mol. The zero-order valence-corrected chi connectivity index (χ0v) is 14.0. The molecule has 5 nitrogen and oxygen atoms in total. The highest BCUT2D eigenvalue weighted by atomic mass is 16.1. The third-order valence-corrected chi connectivity index (χ3v) is 3.46. The van der Waals surface area contributed by atoms with Gasteiger partial charge in [-0.3, -0.25) is 4.79 Å². The maximum absolute atomic E-state index is 12.0. The molecule has 0 bridgehead atoms. The standard InChI is InChI=1S/C18H24N4O/c1-4-22(13-15-8-6-5-7-9-15)17-12-19-16(11-20-17)18(23)21-10-14(2)3/h5-9,11-12,14H,4,10,13H2,1-3H3,(H,21,23). The number of nitrogens with one attached hydrogen (secondary N) is 1. The predicted molar refractivity (Wildman–Crippen MR) is 92.4 cm³/mol. The summed E-state index contributed by atoms with van der Waals surface area (Å²) >= 11 is 0. The molecule has 1 heterocycles. The lowest BCUT2D eigenvalue weighted by Gasteiger charge is -2.21. The summed E-state index contributed by atoms with van der Waals surface area (Å²) in [6.07, 6.45) is 3.20. The lowest BCUT2D eigenvalue weighted by molar-refractivity contribution is 0.0943. The van der Waals surface area contributed by atoms with E-state index in [1.807, 2.05) is 18.2 Å². The molecule has 0 atom stereocenters. The molecule has 122 valence electrons. The number of hydrogen-bond acceptors (Lipinski definition) is 4. The quantitative estimate of drug-likeness (QED) is 0.854. The second-order valence-corrected chi connectivity index (χ2v) is 5.86. The summed E-state index contributed by atoms with van der Waals surface area (Å²) in [6, 6.07) is 10.2. The van der Waals surface area contributed by atoms with Crippen LogP contribution in [-0.4, -0.2) is 29.0 Å². The van der Waals surface area contributed by atoms with Gasteiger partial charge in [0.05, 0.1) is 12.4 Å². The first kappa shape index (κ1) is 16.9. The van der Waals surface area contributed by atoms with Crippen molar-refractivity contribution in [1.82, 2.24) is 15.3 Å². The second kappa shape index (κ2) is 8.27. The Balaban J connectivity index is 2.03.